The van der Waals surface area contributed by atoms with Crippen molar-refractivity contribution in [2.24, 2.45) is 5.92 Å². The van der Waals surface area contributed by atoms with Crippen molar-refractivity contribution in [3.63, 3.8) is 0 Å². The number of rotatable bonds is 8. The highest BCUT2D eigenvalue weighted by Gasteiger charge is 2.30. The molecule has 0 bridgehead atoms. The highest BCUT2D eigenvalue weighted by Crippen LogP contribution is 2.35. The Morgan fingerprint density at radius 1 is 1.08 bits per heavy atom. The van der Waals surface area contributed by atoms with Crippen LogP contribution >= 0.6 is 0 Å². The molecule has 1 heterocycles. The van der Waals surface area contributed by atoms with Gasteiger partial charge in [0.15, 0.2) is 11.6 Å². The first-order valence-corrected chi connectivity index (χ1v) is 9.03. The summed E-state index contributed by atoms with van der Waals surface area (Å²) in [6.07, 6.45) is 7.15. The molecule has 1 unspecified atom stereocenters. The largest absolute Gasteiger partial charge is 0.488 e. The summed E-state index contributed by atoms with van der Waals surface area (Å²) in [5, 5.41) is 0. The van der Waals surface area contributed by atoms with Crippen molar-refractivity contribution < 1.29 is 23.0 Å². The molecular weight excluding hydrogens is 314 g/mol. The van der Waals surface area contributed by atoms with E-state index in [9.17, 15) is 8.78 Å². The van der Waals surface area contributed by atoms with Gasteiger partial charge in [0.2, 0.25) is 5.82 Å². The minimum Gasteiger partial charge on any atom is -0.488 e. The lowest BCUT2D eigenvalue weighted by Crippen LogP contribution is -2.23. The molecule has 1 aliphatic heterocycles. The summed E-state index contributed by atoms with van der Waals surface area (Å²) < 4.78 is 44.0. The summed E-state index contributed by atoms with van der Waals surface area (Å²) in [6, 6.07) is 2.99. The third kappa shape index (κ3) is 4.45. The number of ether oxygens (including phenoxy) is 3. The molecule has 0 radical (unpaired) electrons. The molecule has 1 aliphatic carbocycles. The fraction of sp³-hybridized carbons (Fsp3) is 0.684. The topological polar surface area (TPSA) is 31.0 Å². The monoisotopic (exact) mass is 340 g/mol. The molecule has 1 aromatic rings. The van der Waals surface area contributed by atoms with E-state index in [1.807, 2.05) is 0 Å². The van der Waals surface area contributed by atoms with Crippen LogP contribution in [0, 0.1) is 17.6 Å². The van der Waals surface area contributed by atoms with E-state index in [2.05, 4.69) is 6.92 Å². The van der Waals surface area contributed by atoms with Crippen LogP contribution in [0.5, 0.6) is 5.75 Å². The standard InChI is InChI=1S/C19H26F2O3/c1-2-3-13-4-6-14(7-5-13)22-10-11-23-16-9-8-15(17-12-24-17)18(20)19(16)21/h8-9,13-14,17H,2-7,10-12H2,1H3. The van der Waals surface area contributed by atoms with Crippen LogP contribution in [-0.4, -0.2) is 25.9 Å². The Hall–Kier alpha value is -1.20. The van der Waals surface area contributed by atoms with Gasteiger partial charge in [-0.3, -0.25) is 0 Å². The Labute approximate surface area is 142 Å². The zero-order chi connectivity index (χ0) is 16.9. The highest BCUT2D eigenvalue weighted by atomic mass is 19.2. The van der Waals surface area contributed by atoms with Gasteiger partial charge in [-0.2, -0.15) is 4.39 Å². The zero-order valence-corrected chi connectivity index (χ0v) is 14.2. The molecule has 1 saturated carbocycles. The van der Waals surface area contributed by atoms with E-state index in [1.165, 1.54) is 37.8 Å². The van der Waals surface area contributed by atoms with Crippen LogP contribution in [0.3, 0.4) is 0 Å². The van der Waals surface area contributed by atoms with Crippen LogP contribution in [-0.2, 0) is 9.47 Å². The molecule has 3 rings (SSSR count). The molecule has 3 nitrogen and oxygen atoms in total. The van der Waals surface area contributed by atoms with Crippen LogP contribution in [0.2, 0.25) is 0 Å². The molecule has 0 aromatic heterocycles. The van der Waals surface area contributed by atoms with E-state index in [-0.39, 0.29) is 30.1 Å². The molecule has 2 fully saturated rings. The molecule has 1 aromatic carbocycles. The average Bonchev–Trinajstić information content (AvgIpc) is 3.42. The first-order chi connectivity index (χ1) is 11.7. The van der Waals surface area contributed by atoms with Crippen molar-refractivity contribution in [2.45, 2.75) is 57.7 Å². The Bertz CT molecular complexity index is 538. The van der Waals surface area contributed by atoms with Gasteiger partial charge in [0.25, 0.3) is 0 Å². The normalized spacial score (nSPS) is 26.4. The van der Waals surface area contributed by atoms with Gasteiger partial charge in [0.05, 0.1) is 19.3 Å². The van der Waals surface area contributed by atoms with Gasteiger partial charge in [-0.1, -0.05) is 19.8 Å². The SMILES string of the molecule is CCCC1CCC(OCCOc2ccc(C3CO3)c(F)c2F)CC1. The Balaban J connectivity index is 1.39. The number of hydrogen-bond acceptors (Lipinski definition) is 3. The lowest BCUT2D eigenvalue weighted by atomic mass is 9.85. The zero-order valence-electron chi connectivity index (χ0n) is 14.2. The maximum absolute atomic E-state index is 14.0. The van der Waals surface area contributed by atoms with E-state index < -0.39 is 11.6 Å². The second-order valence-electron chi connectivity index (χ2n) is 6.75. The second kappa shape index (κ2) is 8.26. The summed E-state index contributed by atoms with van der Waals surface area (Å²) in [5.74, 6) is -1.03. The van der Waals surface area contributed by atoms with Gasteiger partial charge >= 0.3 is 0 Å². The van der Waals surface area contributed by atoms with Crippen LogP contribution in [0.4, 0.5) is 8.78 Å². The van der Waals surface area contributed by atoms with Gasteiger partial charge in [0, 0.05) is 5.56 Å². The van der Waals surface area contributed by atoms with E-state index in [1.54, 1.807) is 0 Å². The van der Waals surface area contributed by atoms with Crippen molar-refractivity contribution in [3.8, 4) is 5.75 Å². The lowest BCUT2D eigenvalue weighted by molar-refractivity contribution is 0.00299. The predicted octanol–water partition coefficient (Wildman–Crippen LogP) is 4.79. The van der Waals surface area contributed by atoms with Crippen molar-refractivity contribution >= 4 is 0 Å². The first kappa shape index (κ1) is 17.6. The molecule has 0 N–H and O–H groups in total. The van der Waals surface area contributed by atoms with E-state index >= 15 is 0 Å². The highest BCUT2D eigenvalue weighted by molar-refractivity contribution is 5.33. The van der Waals surface area contributed by atoms with Crippen LogP contribution < -0.4 is 4.74 Å². The Kier molecular flexibility index (Phi) is 6.06. The van der Waals surface area contributed by atoms with Crippen molar-refractivity contribution in [1.29, 1.82) is 0 Å². The number of hydrogen-bond donors (Lipinski definition) is 0. The number of benzene rings is 1. The summed E-state index contributed by atoms with van der Waals surface area (Å²) in [7, 11) is 0. The lowest BCUT2D eigenvalue weighted by Gasteiger charge is -2.28. The minimum atomic E-state index is -0.942. The van der Waals surface area contributed by atoms with Crippen LogP contribution in [0.25, 0.3) is 0 Å². The third-order valence-corrected chi connectivity index (χ3v) is 4.94. The maximum atomic E-state index is 14.0. The molecule has 5 heteroatoms. The minimum absolute atomic E-state index is 0.0628. The van der Waals surface area contributed by atoms with E-state index in [4.69, 9.17) is 14.2 Å². The molecule has 2 aliphatic rings. The van der Waals surface area contributed by atoms with Crippen molar-refractivity contribution in [1.82, 2.24) is 0 Å². The maximum Gasteiger partial charge on any atom is 0.200 e. The Morgan fingerprint density at radius 2 is 1.83 bits per heavy atom. The summed E-state index contributed by atoms with van der Waals surface area (Å²) >= 11 is 0. The Morgan fingerprint density at radius 3 is 2.50 bits per heavy atom. The summed E-state index contributed by atoms with van der Waals surface area (Å²) in [4.78, 5) is 0. The fourth-order valence-corrected chi connectivity index (χ4v) is 3.50. The molecule has 1 atom stereocenters. The van der Waals surface area contributed by atoms with Crippen LogP contribution in [0.15, 0.2) is 12.1 Å². The van der Waals surface area contributed by atoms with Crippen LogP contribution in [0.1, 0.15) is 57.1 Å². The fourth-order valence-electron chi connectivity index (χ4n) is 3.50. The van der Waals surface area contributed by atoms with E-state index in [0.29, 0.717) is 13.2 Å². The quantitative estimate of drug-likeness (QED) is 0.503. The molecule has 1 saturated heterocycles. The van der Waals surface area contributed by atoms with Gasteiger partial charge < -0.3 is 14.2 Å². The van der Waals surface area contributed by atoms with Gasteiger partial charge in [0.1, 0.15) is 12.7 Å². The molecule has 24 heavy (non-hydrogen) atoms. The molecule has 134 valence electrons. The van der Waals surface area contributed by atoms with Gasteiger partial charge in [-0.15, -0.1) is 0 Å². The summed E-state index contributed by atoms with van der Waals surface area (Å²) in [6.45, 7) is 3.30. The van der Waals surface area contributed by atoms with Gasteiger partial charge in [-0.05, 0) is 43.7 Å². The predicted molar refractivity (Wildman–Crippen MR) is 87.2 cm³/mol. The number of epoxide rings is 1. The smallest absolute Gasteiger partial charge is 0.200 e. The third-order valence-electron chi connectivity index (χ3n) is 4.94. The van der Waals surface area contributed by atoms with Gasteiger partial charge in [-0.25, -0.2) is 4.39 Å². The number of halogens is 2. The van der Waals surface area contributed by atoms with E-state index in [0.717, 1.165) is 18.8 Å². The summed E-state index contributed by atoms with van der Waals surface area (Å²) in [5.41, 5.74) is 0.264. The molecular formula is C19H26F2O3. The average molecular weight is 340 g/mol. The molecule has 0 amide bonds. The van der Waals surface area contributed by atoms with Crippen molar-refractivity contribution in [3.05, 3.63) is 29.3 Å². The first-order valence-electron chi connectivity index (χ1n) is 9.03. The second-order valence-corrected chi connectivity index (χ2v) is 6.75. The van der Waals surface area contributed by atoms with Crippen molar-refractivity contribution in [2.75, 3.05) is 19.8 Å². The molecule has 0 spiro atoms.